The van der Waals surface area contributed by atoms with E-state index in [9.17, 15) is 4.79 Å². The van der Waals surface area contributed by atoms with Crippen LogP contribution in [-0.4, -0.2) is 42.3 Å². The SMILES string of the molecule is CCCN(CCO)C(=O)NC[C@@H]1C[C@]12CCc1ccccc12. The van der Waals surface area contributed by atoms with Crippen LogP contribution in [-0.2, 0) is 11.8 Å². The maximum absolute atomic E-state index is 12.2. The maximum Gasteiger partial charge on any atom is 0.317 e. The first-order chi connectivity index (χ1) is 10.7. The van der Waals surface area contributed by atoms with Crippen LogP contribution in [0.15, 0.2) is 24.3 Å². The van der Waals surface area contributed by atoms with Crippen LogP contribution in [0.25, 0.3) is 0 Å². The Morgan fingerprint density at radius 3 is 3.00 bits per heavy atom. The summed E-state index contributed by atoms with van der Waals surface area (Å²) >= 11 is 0. The smallest absolute Gasteiger partial charge is 0.317 e. The van der Waals surface area contributed by atoms with Gasteiger partial charge in [0.1, 0.15) is 0 Å². The Hall–Kier alpha value is -1.55. The number of nitrogens with one attached hydrogen (secondary N) is 1. The zero-order chi connectivity index (χ0) is 15.6. The molecule has 2 amide bonds. The van der Waals surface area contributed by atoms with Gasteiger partial charge in [-0.25, -0.2) is 4.79 Å². The second kappa shape index (κ2) is 6.29. The van der Waals surface area contributed by atoms with Gasteiger partial charge in [0, 0.05) is 25.0 Å². The Balaban J connectivity index is 1.55. The Bertz CT molecular complexity index is 540. The molecule has 0 bridgehead atoms. The molecule has 22 heavy (non-hydrogen) atoms. The van der Waals surface area contributed by atoms with Crippen LogP contribution < -0.4 is 5.32 Å². The lowest BCUT2D eigenvalue weighted by Crippen LogP contribution is -2.43. The molecule has 2 atom stereocenters. The maximum atomic E-state index is 12.2. The zero-order valence-corrected chi connectivity index (χ0v) is 13.3. The summed E-state index contributed by atoms with van der Waals surface area (Å²) in [5.74, 6) is 0.567. The summed E-state index contributed by atoms with van der Waals surface area (Å²) in [5.41, 5.74) is 3.33. The number of carbonyl (C=O) groups excluding carboxylic acids is 1. The Labute approximate surface area is 132 Å². The lowest BCUT2D eigenvalue weighted by molar-refractivity contribution is 0.176. The van der Waals surface area contributed by atoms with E-state index in [2.05, 4.69) is 29.6 Å². The number of amides is 2. The molecule has 1 saturated carbocycles. The second-order valence-electron chi connectivity index (χ2n) is 6.61. The van der Waals surface area contributed by atoms with E-state index in [1.807, 2.05) is 6.92 Å². The number of aryl methyl sites for hydroxylation is 1. The summed E-state index contributed by atoms with van der Waals surface area (Å²) in [4.78, 5) is 13.9. The molecule has 0 unspecified atom stereocenters. The highest BCUT2D eigenvalue weighted by molar-refractivity contribution is 5.74. The number of benzene rings is 1. The number of aliphatic hydroxyl groups excluding tert-OH is 1. The predicted molar refractivity (Wildman–Crippen MR) is 86.9 cm³/mol. The van der Waals surface area contributed by atoms with Crippen molar-refractivity contribution >= 4 is 6.03 Å². The molecular weight excluding hydrogens is 276 g/mol. The molecule has 0 aromatic heterocycles. The van der Waals surface area contributed by atoms with Gasteiger partial charge in [-0.05, 0) is 42.7 Å². The molecule has 0 saturated heterocycles. The number of nitrogens with zero attached hydrogens (tertiary/aromatic N) is 1. The van der Waals surface area contributed by atoms with Crippen molar-refractivity contribution in [2.45, 2.75) is 38.0 Å². The van der Waals surface area contributed by atoms with Crippen molar-refractivity contribution in [3.63, 3.8) is 0 Å². The highest BCUT2D eigenvalue weighted by Gasteiger charge is 2.57. The van der Waals surface area contributed by atoms with Crippen LogP contribution in [0.4, 0.5) is 4.79 Å². The first kappa shape index (κ1) is 15.3. The fourth-order valence-electron chi connectivity index (χ4n) is 4.03. The van der Waals surface area contributed by atoms with Crippen molar-refractivity contribution in [3.8, 4) is 0 Å². The standard InChI is InChI=1S/C18H26N2O2/c1-2-9-20(10-11-21)17(22)19-13-15-12-18(15)8-7-14-5-3-4-6-16(14)18/h3-6,15,21H,2,7-13H2,1H3,(H,19,22)/t15-,18+/m0/s1. The summed E-state index contributed by atoms with van der Waals surface area (Å²) in [7, 11) is 0. The van der Waals surface area contributed by atoms with Crippen LogP contribution in [0.2, 0.25) is 0 Å². The van der Waals surface area contributed by atoms with Gasteiger partial charge >= 0.3 is 6.03 Å². The van der Waals surface area contributed by atoms with Gasteiger partial charge in [0.15, 0.2) is 0 Å². The zero-order valence-electron chi connectivity index (χ0n) is 13.3. The molecule has 4 nitrogen and oxygen atoms in total. The van der Waals surface area contributed by atoms with Crippen LogP contribution in [0.5, 0.6) is 0 Å². The van der Waals surface area contributed by atoms with Crippen LogP contribution in [0.1, 0.15) is 37.3 Å². The molecule has 1 spiro atoms. The van der Waals surface area contributed by atoms with Crippen molar-refractivity contribution < 1.29 is 9.90 Å². The molecule has 4 heteroatoms. The molecule has 2 N–H and O–H groups in total. The average Bonchev–Trinajstić information content (AvgIpc) is 3.12. The van der Waals surface area contributed by atoms with Gasteiger partial charge in [0.2, 0.25) is 0 Å². The number of fused-ring (bicyclic) bond motifs is 2. The first-order valence-corrected chi connectivity index (χ1v) is 8.43. The Morgan fingerprint density at radius 1 is 1.41 bits per heavy atom. The number of urea groups is 1. The minimum atomic E-state index is -0.0377. The molecule has 0 aliphatic heterocycles. The van der Waals surface area contributed by atoms with Gasteiger partial charge in [-0.1, -0.05) is 31.2 Å². The third kappa shape index (κ3) is 2.72. The lowest BCUT2D eigenvalue weighted by atomic mass is 9.95. The topological polar surface area (TPSA) is 52.6 Å². The fraction of sp³-hybridized carbons (Fsp3) is 0.611. The summed E-state index contributed by atoms with van der Waals surface area (Å²) < 4.78 is 0. The van der Waals surface area contributed by atoms with E-state index in [0.29, 0.717) is 24.4 Å². The van der Waals surface area contributed by atoms with E-state index in [1.165, 1.54) is 30.4 Å². The molecule has 2 aliphatic rings. The minimum absolute atomic E-state index is 0.0220. The Morgan fingerprint density at radius 2 is 2.23 bits per heavy atom. The van der Waals surface area contributed by atoms with Crippen LogP contribution >= 0.6 is 0 Å². The van der Waals surface area contributed by atoms with E-state index in [0.717, 1.165) is 13.0 Å². The summed E-state index contributed by atoms with van der Waals surface area (Å²) in [5, 5.41) is 12.1. The average molecular weight is 302 g/mol. The van der Waals surface area contributed by atoms with Gasteiger partial charge in [-0.2, -0.15) is 0 Å². The van der Waals surface area contributed by atoms with E-state index < -0.39 is 0 Å². The van der Waals surface area contributed by atoms with E-state index in [4.69, 9.17) is 5.11 Å². The van der Waals surface area contributed by atoms with Crippen molar-refractivity contribution in [1.29, 1.82) is 0 Å². The molecule has 1 aromatic carbocycles. The van der Waals surface area contributed by atoms with Gasteiger partial charge < -0.3 is 15.3 Å². The van der Waals surface area contributed by atoms with E-state index in [-0.39, 0.29) is 12.6 Å². The predicted octanol–water partition coefficient (Wildman–Crippen LogP) is 2.30. The summed E-state index contributed by atoms with van der Waals surface area (Å²) in [6, 6.07) is 8.71. The molecule has 120 valence electrons. The summed E-state index contributed by atoms with van der Waals surface area (Å²) in [6.45, 7) is 3.93. The number of hydrogen-bond donors (Lipinski definition) is 2. The van der Waals surface area contributed by atoms with Gasteiger partial charge in [-0.3, -0.25) is 0 Å². The molecule has 0 radical (unpaired) electrons. The Kier molecular flexibility index (Phi) is 4.39. The number of carbonyl (C=O) groups is 1. The highest BCUT2D eigenvalue weighted by atomic mass is 16.3. The molecule has 2 aliphatic carbocycles. The number of hydrogen-bond acceptors (Lipinski definition) is 2. The number of aliphatic hydroxyl groups is 1. The van der Waals surface area contributed by atoms with Crippen molar-refractivity contribution in [1.82, 2.24) is 10.2 Å². The minimum Gasteiger partial charge on any atom is -0.395 e. The monoisotopic (exact) mass is 302 g/mol. The second-order valence-corrected chi connectivity index (χ2v) is 6.61. The van der Waals surface area contributed by atoms with Gasteiger partial charge in [0.05, 0.1) is 6.61 Å². The highest BCUT2D eigenvalue weighted by Crippen LogP contribution is 2.61. The van der Waals surface area contributed by atoms with Crippen molar-refractivity contribution in [3.05, 3.63) is 35.4 Å². The molecule has 3 rings (SSSR count). The largest absolute Gasteiger partial charge is 0.395 e. The van der Waals surface area contributed by atoms with Crippen molar-refractivity contribution in [2.75, 3.05) is 26.2 Å². The number of rotatable bonds is 6. The molecule has 1 fully saturated rings. The van der Waals surface area contributed by atoms with E-state index in [1.54, 1.807) is 4.90 Å². The molecule has 0 heterocycles. The van der Waals surface area contributed by atoms with Crippen LogP contribution in [0.3, 0.4) is 0 Å². The molecular formula is C18H26N2O2. The summed E-state index contributed by atoms with van der Waals surface area (Å²) in [6.07, 6.45) is 4.50. The quantitative estimate of drug-likeness (QED) is 0.847. The third-order valence-electron chi connectivity index (χ3n) is 5.28. The normalized spacial score (nSPS) is 25.1. The lowest BCUT2D eigenvalue weighted by Gasteiger charge is -2.22. The van der Waals surface area contributed by atoms with E-state index >= 15 is 0 Å². The first-order valence-electron chi connectivity index (χ1n) is 8.43. The third-order valence-corrected chi connectivity index (χ3v) is 5.28. The van der Waals surface area contributed by atoms with Crippen molar-refractivity contribution in [2.24, 2.45) is 5.92 Å². The van der Waals surface area contributed by atoms with Crippen LogP contribution in [0, 0.1) is 5.92 Å². The van der Waals surface area contributed by atoms with Gasteiger partial charge in [-0.15, -0.1) is 0 Å². The molecule has 1 aromatic rings. The van der Waals surface area contributed by atoms with Gasteiger partial charge in [0.25, 0.3) is 0 Å². The fourth-order valence-corrected chi connectivity index (χ4v) is 4.03.